The molecule has 0 aliphatic carbocycles. The highest BCUT2D eigenvalue weighted by Crippen LogP contribution is 2.18. The van der Waals surface area contributed by atoms with Gasteiger partial charge in [0.05, 0.1) is 12.1 Å². The quantitative estimate of drug-likeness (QED) is 0.721. The molecular formula is C12H18N2O2. The number of anilines is 1. The van der Waals surface area contributed by atoms with Crippen molar-refractivity contribution in [3.8, 4) is 0 Å². The molecule has 0 fully saturated rings. The smallest absolute Gasteiger partial charge is 0.221 e. The molecule has 0 spiro atoms. The van der Waals surface area contributed by atoms with E-state index in [0.717, 1.165) is 11.3 Å². The van der Waals surface area contributed by atoms with Gasteiger partial charge in [-0.15, -0.1) is 0 Å². The first-order chi connectivity index (χ1) is 7.54. The summed E-state index contributed by atoms with van der Waals surface area (Å²) in [6.07, 6.45) is 0.0841. The summed E-state index contributed by atoms with van der Waals surface area (Å²) in [6, 6.07) is 6.80. The zero-order valence-corrected chi connectivity index (χ0v) is 9.60. The Morgan fingerprint density at radius 1 is 1.44 bits per heavy atom. The van der Waals surface area contributed by atoms with Crippen LogP contribution in [0, 0.1) is 0 Å². The van der Waals surface area contributed by atoms with Crippen molar-refractivity contribution >= 4 is 11.6 Å². The number of hydrogen-bond acceptors (Lipinski definition) is 3. The highest BCUT2D eigenvalue weighted by atomic mass is 16.3. The Kier molecular flexibility index (Phi) is 4.46. The van der Waals surface area contributed by atoms with Gasteiger partial charge < -0.3 is 16.2 Å². The highest BCUT2D eigenvalue weighted by molar-refractivity contribution is 5.88. The van der Waals surface area contributed by atoms with Crippen molar-refractivity contribution in [2.75, 3.05) is 5.32 Å². The fraction of sp³-hybridized carbons (Fsp3) is 0.417. The van der Waals surface area contributed by atoms with Crippen LogP contribution in [0.15, 0.2) is 24.3 Å². The summed E-state index contributed by atoms with van der Waals surface area (Å²) in [7, 11) is 0. The minimum atomic E-state index is -0.536. The van der Waals surface area contributed by atoms with Gasteiger partial charge in [0.25, 0.3) is 0 Å². The van der Waals surface area contributed by atoms with Crippen LogP contribution in [0.3, 0.4) is 0 Å². The summed E-state index contributed by atoms with van der Waals surface area (Å²) < 4.78 is 0. The minimum absolute atomic E-state index is 0.106. The number of rotatable bonds is 4. The van der Waals surface area contributed by atoms with E-state index in [9.17, 15) is 9.90 Å². The maximum Gasteiger partial charge on any atom is 0.221 e. The lowest BCUT2D eigenvalue weighted by atomic mass is 10.0. The third-order valence-electron chi connectivity index (χ3n) is 2.45. The van der Waals surface area contributed by atoms with Gasteiger partial charge in [-0.3, -0.25) is 4.79 Å². The second kappa shape index (κ2) is 5.63. The molecule has 0 aliphatic rings. The predicted molar refractivity (Wildman–Crippen MR) is 64.0 cm³/mol. The largest absolute Gasteiger partial charge is 0.391 e. The molecule has 4 heteroatoms. The lowest BCUT2D eigenvalue weighted by Crippen LogP contribution is -2.25. The van der Waals surface area contributed by atoms with Crippen LogP contribution in [-0.2, 0) is 4.79 Å². The molecule has 0 unspecified atom stereocenters. The zero-order chi connectivity index (χ0) is 12.1. The van der Waals surface area contributed by atoms with Crippen LogP contribution in [-0.4, -0.2) is 17.1 Å². The molecule has 1 rings (SSSR count). The number of aliphatic hydroxyl groups excluding tert-OH is 1. The van der Waals surface area contributed by atoms with E-state index in [1.807, 2.05) is 19.1 Å². The SMILES string of the molecule is CC[C@H](O)[C@H](N)c1ccc(NC(C)=O)cc1. The van der Waals surface area contributed by atoms with Crippen molar-refractivity contribution in [1.82, 2.24) is 0 Å². The monoisotopic (exact) mass is 222 g/mol. The van der Waals surface area contributed by atoms with Crippen LogP contribution in [0.1, 0.15) is 31.9 Å². The van der Waals surface area contributed by atoms with Crippen molar-refractivity contribution in [2.24, 2.45) is 5.73 Å². The van der Waals surface area contributed by atoms with Crippen LogP contribution >= 0.6 is 0 Å². The molecule has 1 amide bonds. The van der Waals surface area contributed by atoms with Crippen molar-refractivity contribution in [2.45, 2.75) is 32.4 Å². The van der Waals surface area contributed by atoms with Crippen molar-refractivity contribution < 1.29 is 9.90 Å². The van der Waals surface area contributed by atoms with E-state index < -0.39 is 6.10 Å². The number of nitrogens with one attached hydrogen (secondary N) is 1. The van der Waals surface area contributed by atoms with Crippen LogP contribution in [0.25, 0.3) is 0 Å². The van der Waals surface area contributed by atoms with E-state index in [2.05, 4.69) is 5.32 Å². The molecule has 1 aromatic rings. The highest BCUT2D eigenvalue weighted by Gasteiger charge is 2.14. The van der Waals surface area contributed by atoms with Gasteiger partial charge in [-0.05, 0) is 24.1 Å². The maximum absolute atomic E-state index is 10.8. The Hall–Kier alpha value is -1.39. The number of carbonyl (C=O) groups is 1. The number of hydrogen-bond donors (Lipinski definition) is 3. The number of benzene rings is 1. The van der Waals surface area contributed by atoms with Crippen molar-refractivity contribution in [3.63, 3.8) is 0 Å². The van der Waals surface area contributed by atoms with Crippen LogP contribution < -0.4 is 11.1 Å². The average Bonchev–Trinajstić information content (AvgIpc) is 2.27. The Morgan fingerprint density at radius 2 is 2.00 bits per heavy atom. The van der Waals surface area contributed by atoms with E-state index >= 15 is 0 Å². The first-order valence-corrected chi connectivity index (χ1v) is 5.35. The molecule has 0 bridgehead atoms. The molecule has 0 aromatic heterocycles. The van der Waals surface area contributed by atoms with Gasteiger partial charge in [-0.2, -0.15) is 0 Å². The summed E-state index contributed by atoms with van der Waals surface area (Å²) in [5.74, 6) is -0.106. The Morgan fingerprint density at radius 3 is 2.44 bits per heavy atom. The van der Waals surface area contributed by atoms with Crippen molar-refractivity contribution in [1.29, 1.82) is 0 Å². The second-order valence-electron chi connectivity index (χ2n) is 3.80. The fourth-order valence-electron chi connectivity index (χ4n) is 1.47. The molecular weight excluding hydrogens is 204 g/mol. The lowest BCUT2D eigenvalue weighted by molar-refractivity contribution is -0.114. The normalized spacial score (nSPS) is 14.2. The van der Waals surface area contributed by atoms with Gasteiger partial charge in [0.2, 0.25) is 5.91 Å². The number of aliphatic hydroxyl groups is 1. The summed E-state index contributed by atoms with van der Waals surface area (Å²) >= 11 is 0. The summed E-state index contributed by atoms with van der Waals surface area (Å²) in [5.41, 5.74) is 7.46. The molecule has 4 N–H and O–H groups in total. The molecule has 0 aliphatic heterocycles. The predicted octanol–water partition coefficient (Wildman–Crippen LogP) is 1.42. The van der Waals surface area contributed by atoms with Crippen LogP contribution in [0.2, 0.25) is 0 Å². The standard InChI is InChI=1S/C12H18N2O2/c1-3-11(16)12(13)9-4-6-10(7-5-9)14-8(2)15/h4-7,11-12,16H,3,13H2,1-2H3,(H,14,15)/t11-,12+/m0/s1. The third-order valence-corrected chi connectivity index (χ3v) is 2.45. The maximum atomic E-state index is 10.8. The number of amides is 1. The van der Waals surface area contributed by atoms with E-state index in [1.165, 1.54) is 6.92 Å². The molecule has 0 heterocycles. The first-order valence-electron chi connectivity index (χ1n) is 5.35. The molecule has 16 heavy (non-hydrogen) atoms. The lowest BCUT2D eigenvalue weighted by Gasteiger charge is -2.17. The zero-order valence-electron chi connectivity index (χ0n) is 9.60. The third kappa shape index (κ3) is 3.32. The first kappa shape index (κ1) is 12.7. The molecule has 0 saturated carbocycles. The summed E-state index contributed by atoms with van der Waals surface area (Å²) in [4.78, 5) is 10.8. The second-order valence-corrected chi connectivity index (χ2v) is 3.80. The molecule has 1 aromatic carbocycles. The van der Waals surface area contributed by atoms with E-state index in [1.54, 1.807) is 12.1 Å². The van der Waals surface area contributed by atoms with E-state index in [0.29, 0.717) is 6.42 Å². The van der Waals surface area contributed by atoms with Gasteiger partial charge in [0.1, 0.15) is 0 Å². The molecule has 4 nitrogen and oxygen atoms in total. The summed E-state index contributed by atoms with van der Waals surface area (Å²) in [5, 5.41) is 12.3. The van der Waals surface area contributed by atoms with E-state index in [4.69, 9.17) is 5.73 Å². The molecule has 88 valence electrons. The van der Waals surface area contributed by atoms with Crippen molar-refractivity contribution in [3.05, 3.63) is 29.8 Å². The average molecular weight is 222 g/mol. The fourth-order valence-corrected chi connectivity index (χ4v) is 1.47. The molecule has 2 atom stereocenters. The van der Waals surface area contributed by atoms with Gasteiger partial charge in [0.15, 0.2) is 0 Å². The Labute approximate surface area is 95.5 Å². The number of nitrogens with two attached hydrogens (primary N) is 1. The minimum Gasteiger partial charge on any atom is -0.391 e. The number of carbonyl (C=O) groups excluding carboxylic acids is 1. The summed E-state index contributed by atoms with van der Waals surface area (Å²) in [6.45, 7) is 3.34. The van der Waals surface area contributed by atoms with Gasteiger partial charge in [-0.25, -0.2) is 0 Å². The van der Waals surface area contributed by atoms with Gasteiger partial charge in [-0.1, -0.05) is 19.1 Å². The van der Waals surface area contributed by atoms with Gasteiger partial charge >= 0.3 is 0 Å². The van der Waals surface area contributed by atoms with Crippen LogP contribution in [0.5, 0.6) is 0 Å². The van der Waals surface area contributed by atoms with E-state index in [-0.39, 0.29) is 11.9 Å². The Bertz CT molecular complexity index is 349. The van der Waals surface area contributed by atoms with Gasteiger partial charge in [0, 0.05) is 12.6 Å². The topological polar surface area (TPSA) is 75.3 Å². The molecule has 0 saturated heterocycles. The Balaban J connectivity index is 2.74. The van der Waals surface area contributed by atoms with Crippen LogP contribution in [0.4, 0.5) is 5.69 Å². The molecule has 0 radical (unpaired) electrons.